The molecule has 3 N–H and O–H groups in total. The molecule has 0 aliphatic carbocycles. The maximum Gasteiger partial charge on any atom is 0.275 e. The van der Waals surface area contributed by atoms with Crippen LogP contribution in [-0.4, -0.2) is 21.8 Å². The van der Waals surface area contributed by atoms with Gasteiger partial charge in [-0.15, -0.1) is 0 Å². The largest absolute Gasteiger partial charge is 0.508 e. The minimum absolute atomic E-state index is 0.117. The molecule has 0 atom stereocenters. The Morgan fingerprint density at radius 1 is 1.14 bits per heavy atom. The van der Waals surface area contributed by atoms with Gasteiger partial charge in [-0.1, -0.05) is 15.9 Å². The molecule has 108 valence electrons. The Balaban J connectivity index is 2.14. The van der Waals surface area contributed by atoms with Gasteiger partial charge in [-0.25, -0.2) is 5.43 Å². The lowest BCUT2D eigenvalue weighted by Crippen LogP contribution is -2.19. The van der Waals surface area contributed by atoms with Gasteiger partial charge in [0.05, 0.1) is 11.3 Å². The fourth-order valence-corrected chi connectivity index (χ4v) is 2.01. The zero-order valence-corrected chi connectivity index (χ0v) is 12.8. The topological polar surface area (TPSA) is 81.9 Å². The predicted octanol–water partition coefficient (Wildman–Crippen LogP) is 3.01. The van der Waals surface area contributed by atoms with Gasteiger partial charge in [0, 0.05) is 4.47 Å². The van der Waals surface area contributed by atoms with Gasteiger partial charge in [-0.3, -0.25) is 4.79 Å². The van der Waals surface area contributed by atoms with Gasteiger partial charge in [0.15, 0.2) is 0 Å². The second-order valence-electron chi connectivity index (χ2n) is 4.35. The van der Waals surface area contributed by atoms with Crippen LogP contribution >= 0.6 is 15.9 Å². The van der Waals surface area contributed by atoms with Crippen molar-refractivity contribution in [3.8, 4) is 11.5 Å². The summed E-state index contributed by atoms with van der Waals surface area (Å²) in [5.41, 5.74) is 3.87. The number of phenols is 2. The van der Waals surface area contributed by atoms with Crippen molar-refractivity contribution in [1.29, 1.82) is 0 Å². The first-order valence-corrected chi connectivity index (χ1v) is 6.89. The number of amides is 1. The van der Waals surface area contributed by atoms with E-state index in [-0.39, 0.29) is 17.1 Å². The summed E-state index contributed by atoms with van der Waals surface area (Å²) >= 11 is 3.24. The Labute approximate surface area is 130 Å². The molecule has 21 heavy (non-hydrogen) atoms. The lowest BCUT2D eigenvalue weighted by Gasteiger charge is -2.05. The molecule has 0 fully saturated rings. The van der Waals surface area contributed by atoms with Gasteiger partial charge in [0.2, 0.25) is 0 Å². The van der Waals surface area contributed by atoms with Crippen molar-refractivity contribution in [3.05, 3.63) is 58.1 Å². The number of hydrazone groups is 1. The normalized spacial score (nSPS) is 11.2. The molecule has 2 rings (SSSR count). The van der Waals surface area contributed by atoms with Crippen LogP contribution in [0.2, 0.25) is 0 Å². The van der Waals surface area contributed by atoms with Gasteiger partial charge < -0.3 is 10.2 Å². The van der Waals surface area contributed by atoms with E-state index in [0.29, 0.717) is 10.2 Å². The number of benzene rings is 2. The number of nitrogens with zero attached hydrogens (tertiary/aromatic N) is 1. The molecule has 0 radical (unpaired) electrons. The first-order valence-electron chi connectivity index (χ1n) is 6.10. The maximum absolute atomic E-state index is 12.0. The third-order valence-electron chi connectivity index (χ3n) is 2.81. The molecule has 0 saturated heterocycles. The number of phenolic OH excluding ortho intramolecular Hbond substituents is 2. The highest BCUT2D eigenvalue weighted by molar-refractivity contribution is 9.10. The summed E-state index contributed by atoms with van der Waals surface area (Å²) in [6.45, 7) is 1.73. The highest BCUT2D eigenvalue weighted by Gasteiger charge is 2.11. The molecule has 5 nitrogen and oxygen atoms in total. The van der Waals surface area contributed by atoms with Crippen molar-refractivity contribution in [2.75, 3.05) is 0 Å². The molecule has 0 aliphatic heterocycles. The van der Waals surface area contributed by atoms with E-state index >= 15 is 0 Å². The molecule has 0 spiro atoms. The summed E-state index contributed by atoms with van der Waals surface area (Å²) < 4.78 is 0.685. The molecule has 0 heterocycles. The van der Waals surface area contributed by atoms with Crippen LogP contribution in [-0.2, 0) is 0 Å². The number of aromatic hydroxyl groups is 2. The fraction of sp³-hybridized carbons (Fsp3) is 0.0667. The molecule has 0 saturated carbocycles. The molecular formula is C15H13BrN2O3. The second kappa shape index (κ2) is 6.41. The Hall–Kier alpha value is -2.34. The Bertz CT molecular complexity index is 697. The number of carbonyl (C=O) groups excluding carboxylic acids is 1. The zero-order chi connectivity index (χ0) is 15.4. The predicted molar refractivity (Wildman–Crippen MR) is 83.6 cm³/mol. The third-order valence-corrected chi connectivity index (χ3v) is 3.31. The van der Waals surface area contributed by atoms with Crippen LogP contribution in [0.1, 0.15) is 22.8 Å². The number of hydrogen-bond acceptors (Lipinski definition) is 4. The van der Waals surface area contributed by atoms with Crippen LogP contribution in [0.5, 0.6) is 11.5 Å². The number of rotatable bonds is 3. The van der Waals surface area contributed by atoms with Crippen molar-refractivity contribution in [2.45, 2.75) is 6.92 Å². The van der Waals surface area contributed by atoms with E-state index in [0.717, 1.165) is 5.56 Å². The van der Waals surface area contributed by atoms with E-state index in [1.54, 1.807) is 25.1 Å². The quantitative estimate of drug-likeness (QED) is 0.589. The summed E-state index contributed by atoms with van der Waals surface area (Å²) in [5.74, 6) is -0.463. The number of carbonyl (C=O) groups is 1. The fourth-order valence-electron chi connectivity index (χ4n) is 1.65. The minimum Gasteiger partial charge on any atom is -0.508 e. The van der Waals surface area contributed by atoms with Crippen molar-refractivity contribution in [1.82, 2.24) is 5.43 Å². The number of halogens is 1. The van der Waals surface area contributed by atoms with Crippen LogP contribution in [0, 0.1) is 0 Å². The van der Waals surface area contributed by atoms with Gasteiger partial charge >= 0.3 is 0 Å². The van der Waals surface area contributed by atoms with Gasteiger partial charge in [0.1, 0.15) is 11.5 Å². The number of hydrogen-bond donors (Lipinski definition) is 3. The van der Waals surface area contributed by atoms with E-state index in [1.807, 2.05) is 0 Å². The SMILES string of the molecule is C/C(=N/NC(=O)c1cc(Br)ccc1O)c1ccc(O)cc1. The molecule has 1 amide bonds. The van der Waals surface area contributed by atoms with Crippen LogP contribution in [0.3, 0.4) is 0 Å². The van der Waals surface area contributed by atoms with Gasteiger partial charge in [-0.2, -0.15) is 5.10 Å². The summed E-state index contributed by atoms with van der Waals surface area (Å²) in [4.78, 5) is 12.0. The van der Waals surface area contributed by atoms with Crippen molar-refractivity contribution in [3.63, 3.8) is 0 Å². The summed E-state index contributed by atoms with van der Waals surface area (Å²) in [7, 11) is 0. The molecule has 0 bridgehead atoms. The monoisotopic (exact) mass is 348 g/mol. The average molecular weight is 349 g/mol. The first kappa shape index (κ1) is 15.1. The molecule has 6 heteroatoms. The van der Waals surface area contributed by atoms with E-state index in [9.17, 15) is 15.0 Å². The standard InChI is InChI=1S/C15H13BrN2O3/c1-9(10-2-5-12(19)6-3-10)17-18-15(21)13-8-11(16)4-7-14(13)20/h2-8,19-20H,1H3,(H,18,21)/b17-9-. The number of nitrogens with one attached hydrogen (secondary N) is 1. The average Bonchev–Trinajstić information content (AvgIpc) is 2.47. The molecule has 2 aromatic rings. The molecule has 0 aromatic heterocycles. The highest BCUT2D eigenvalue weighted by Crippen LogP contribution is 2.21. The lowest BCUT2D eigenvalue weighted by atomic mass is 10.1. The highest BCUT2D eigenvalue weighted by atomic mass is 79.9. The van der Waals surface area contributed by atoms with Crippen LogP contribution < -0.4 is 5.43 Å². The van der Waals surface area contributed by atoms with Crippen molar-refractivity contribution in [2.24, 2.45) is 5.10 Å². The zero-order valence-electron chi connectivity index (χ0n) is 11.2. The maximum atomic E-state index is 12.0. The molecular weight excluding hydrogens is 336 g/mol. The van der Waals surface area contributed by atoms with E-state index in [2.05, 4.69) is 26.5 Å². The Kier molecular flexibility index (Phi) is 4.59. The van der Waals surface area contributed by atoms with Crippen LogP contribution in [0.4, 0.5) is 0 Å². The lowest BCUT2D eigenvalue weighted by molar-refractivity contribution is 0.0952. The Morgan fingerprint density at radius 3 is 2.48 bits per heavy atom. The second-order valence-corrected chi connectivity index (χ2v) is 5.26. The van der Waals surface area contributed by atoms with E-state index < -0.39 is 5.91 Å². The van der Waals surface area contributed by atoms with Crippen LogP contribution in [0.15, 0.2) is 52.0 Å². The molecule has 2 aromatic carbocycles. The summed E-state index contributed by atoms with van der Waals surface area (Å²) in [6.07, 6.45) is 0. The van der Waals surface area contributed by atoms with E-state index in [1.165, 1.54) is 24.3 Å². The molecule has 0 unspecified atom stereocenters. The Morgan fingerprint density at radius 2 is 1.81 bits per heavy atom. The molecule has 0 aliphatic rings. The van der Waals surface area contributed by atoms with E-state index in [4.69, 9.17) is 0 Å². The first-order chi connectivity index (χ1) is 9.97. The summed E-state index contributed by atoms with van der Waals surface area (Å²) in [5, 5.41) is 22.9. The van der Waals surface area contributed by atoms with Gasteiger partial charge in [0.25, 0.3) is 5.91 Å². The third kappa shape index (κ3) is 3.82. The van der Waals surface area contributed by atoms with Gasteiger partial charge in [-0.05, 0) is 55.0 Å². The summed E-state index contributed by atoms with van der Waals surface area (Å²) in [6, 6.07) is 11.0. The smallest absolute Gasteiger partial charge is 0.275 e. The van der Waals surface area contributed by atoms with Crippen LogP contribution in [0.25, 0.3) is 0 Å². The van der Waals surface area contributed by atoms with Crippen molar-refractivity contribution < 1.29 is 15.0 Å². The minimum atomic E-state index is -0.507. The van der Waals surface area contributed by atoms with Crippen molar-refractivity contribution >= 4 is 27.5 Å².